The Hall–Kier alpha value is -3.02. The van der Waals surface area contributed by atoms with Crippen molar-refractivity contribution >= 4 is 21.7 Å². The van der Waals surface area contributed by atoms with E-state index in [1.807, 2.05) is 6.92 Å². The standard InChI is InChI=1S/C21H24N2O8S/c1-2-3-12-30-21(24)16-4-6-17(7-5-16)31-20-9-8-18(15-19(20)23(25)26)32(27,28)22-10-13-29-14-11-22/h4-9,15H,2-3,10-14H2,1H3. The summed E-state index contributed by atoms with van der Waals surface area (Å²) >= 11 is 0. The summed E-state index contributed by atoms with van der Waals surface area (Å²) in [6, 6.07) is 9.46. The molecule has 0 atom stereocenters. The molecule has 10 nitrogen and oxygen atoms in total. The number of benzene rings is 2. The van der Waals surface area contributed by atoms with Crippen molar-refractivity contribution in [1.82, 2.24) is 4.31 Å². The molecule has 32 heavy (non-hydrogen) atoms. The van der Waals surface area contributed by atoms with Gasteiger partial charge in [-0.2, -0.15) is 4.31 Å². The summed E-state index contributed by atoms with van der Waals surface area (Å²) in [5.74, 6) is -0.329. The van der Waals surface area contributed by atoms with Crippen LogP contribution in [0.15, 0.2) is 47.4 Å². The first-order valence-electron chi connectivity index (χ1n) is 10.1. The molecule has 0 amide bonds. The van der Waals surface area contributed by atoms with Gasteiger partial charge in [0.05, 0.1) is 35.2 Å². The van der Waals surface area contributed by atoms with Crippen LogP contribution in [-0.2, 0) is 19.5 Å². The van der Waals surface area contributed by atoms with Crippen molar-refractivity contribution in [2.45, 2.75) is 24.7 Å². The average Bonchev–Trinajstić information content (AvgIpc) is 2.80. The summed E-state index contributed by atoms with van der Waals surface area (Å²) in [4.78, 5) is 22.7. The molecule has 0 aromatic heterocycles. The quantitative estimate of drug-likeness (QED) is 0.239. The number of carbonyl (C=O) groups is 1. The predicted molar refractivity (Wildman–Crippen MR) is 114 cm³/mol. The van der Waals surface area contributed by atoms with Crippen LogP contribution in [-0.4, -0.2) is 56.5 Å². The van der Waals surface area contributed by atoms with Crippen molar-refractivity contribution in [3.8, 4) is 11.5 Å². The van der Waals surface area contributed by atoms with Crippen molar-refractivity contribution in [2.75, 3.05) is 32.9 Å². The summed E-state index contributed by atoms with van der Waals surface area (Å²) in [5.41, 5.74) is -0.155. The first kappa shape index (κ1) is 23.6. The zero-order chi connectivity index (χ0) is 23.1. The summed E-state index contributed by atoms with van der Waals surface area (Å²) in [6.45, 7) is 3.22. The van der Waals surface area contributed by atoms with Gasteiger partial charge in [-0.25, -0.2) is 13.2 Å². The number of hydrogen-bond acceptors (Lipinski definition) is 8. The third kappa shape index (κ3) is 5.61. The highest BCUT2D eigenvalue weighted by atomic mass is 32.2. The number of unbranched alkanes of at least 4 members (excludes halogenated alkanes) is 1. The number of morpholine rings is 1. The van der Waals surface area contributed by atoms with Crippen molar-refractivity contribution in [3.05, 3.63) is 58.1 Å². The molecule has 11 heteroatoms. The van der Waals surface area contributed by atoms with E-state index in [9.17, 15) is 23.3 Å². The van der Waals surface area contributed by atoms with E-state index < -0.39 is 26.6 Å². The van der Waals surface area contributed by atoms with Crippen molar-refractivity contribution in [3.63, 3.8) is 0 Å². The van der Waals surface area contributed by atoms with E-state index in [1.165, 1.54) is 40.7 Å². The fraction of sp³-hybridized carbons (Fsp3) is 0.381. The van der Waals surface area contributed by atoms with Gasteiger partial charge in [0, 0.05) is 19.2 Å². The normalized spacial score (nSPS) is 14.7. The highest BCUT2D eigenvalue weighted by Crippen LogP contribution is 2.34. The maximum absolute atomic E-state index is 12.8. The second-order valence-electron chi connectivity index (χ2n) is 7.02. The van der Waals surface area contributed by atoms with E-state index in [0.29, 0.717) is 12.2 Å². The molecular weight excluding hydrogens is 440 g/mol. The lowest BCUT2D eigenvalue weighted by molar-refractivity contribution is -0.385. The lowest BCUT2D eigenvalue weighted by atomic mass is 10.2. The third-order valence-electron chi connectivity index (χ3n) is 4.78. The Bertz CT molecular complexity index is 1060. The lowest BCUT2D eigenvalue weighted by Crippen LogP contribution is -2.40. The van der Waals surface area contributed by atoms with Gasteiger partial charge in [0.1, 0.15) is 5.75 Å². The van der Waals surface area contributed by atoms with Crippen LogP contribution in [0, 0.1) is 10.1 Å². The zero-order valence-corrected chi connectivity index (χ0v) is 18.4. The van der Waals surface area contributed by atoms with E-state index in [0.717, 1.165) is 18.9 Å². The Morgan fingerprint density at radius 1 is 1.16 bits per heavy atom. The van der Waals surface area contributed by atoms with Gasteiger partial charge >= 0.3 is 11.7 Å². The maximum atomic E-state index is 12.8. The van der Waals surface area contributed by atoms with Crippen LogP contribution in [0.1, 0.15) is 30.1 Å². The molecule has 3 rings (SSSR count). The van der Waals surface area contributed by atoms with Crippen LogP contribution in [0.3, 0.4) is 0 Å². The summed E-state index contributed by atoms with van der Waals surface area (Å²) in [5, 5.41) is 11.6. The first-order chi connectivity index (χ1) is 15.3. The number of carbonyl (C=O) groups excluding carboxylic acids is 1. The van der Waals surface area contributed by atoms with Crippen molar-refractivity contribution < 1.29 is 32.3 Å². The Labute approximate surface area is 185 Å². The topological polar surface area (TPSA) is 125 Å². The van der Waals surface area contributed by atoms with E-state index in [-0.39, 0.29) is 42.7 Å². The molecule has 0 radical (unpaired) electrons. The number of nitro groups is 1. The fourth-order valence-electron chi connectivity index (χ4n) is 3.00. The van der Waals surface area contributed by atoms with Crippen LogP contribution >= 0.6 is 0 Å². The molecule has 0 N–H and O–H groups in total. The number of sulfonamides is 1. The number of ether oxygens (including phenoxy) is 3. The summed E-state index contributed by atoms with van der Waals surface area (Å²) in [7, 11) is -3.89. The Kier molecular flexibility index (Phi) is 7.78. The average molecular weight is 464 g/mol. The van der Waals surface area contributed by atoms with E-state index in [4.69, 9.17) is 14.2 Å². The van der Waals surface area contributed by atoms with Crippen molar-refractivity contribution in [1.29, 1.82) is 0 Å². The fourth-order valence-corrected chi connectivity index (χ4v) is 4.43. The molecule has 0 bridgehead atoms. The molecule has 2 aromatic rings. The van der Waals surface area contributed by atoms with Gasteiger partial charge in [-0.1, -0.05) is 13.3 Å². The summed E-state index contributed by atoms with van der Waals surface area (Å²) in [6.07, 6.45) is 1.68. The number of nitrogens with zero attached hydrogens (tertiary/aromatic N) is 2. The molecule has 2 aromatic carbocycles. The molecule has 172 valence electrons. The molecule has 0 aliphatic carbocycles. The second-order valence-corrected chi connectivity index (χ2v) is 8.96. The van der Waals surface area contributed by atoms with E-state index in [2.05, 4.69) is 0 Å². The van der Waals surface area contributed by atoms with Crippen LogP contribution in [0.25, 0.3) is 0 Å². The predicted octanol–water partition coefficient (Wildman–Crippen LogP) is 3.36. The van der Waals surface area contributed by atoms with Gasteiger partial charge in [0.15, 0.2) is 0 Å². The molecular formula is C21H24N2O8S. The highest BCUT2D eigenvalue weighted by Gasteiger charge is 2.29. The largest absolute Gasteiger partial charge is 0.462 e. The van der Waals surface area contributed by atoms with Crippen LogP contribution in [0.4, 0.5) is 5.69 Å². The molecule has 1 aliphatic rings. The van der Waals surface area contributed by atoms with Gasteiger partial charge in [-0.15, -0.1) is 0 Å². The molecule has 0 saturated carbocycles. The zero-order valence-electron chi connectivity index (χ0n) is 17.6. The van der Waals surface area contributed by atoms with Crippen LogP contribution < -0.4 is 4.74 Å². The molecule has 1 saturated heterocycles. The minimum atomic E-state index is -3.89. The Balaban J connectivity index is 1.78. The molecule has 0 unspecified atom stereocenters. The van der Waals surface area contributed by atoms with E-state index >= 15 is 0 Å². The van der Waals surface area contributed by atoms with Gasteiger partial charge in [0.25, 0.3) is 0 Å². The number of nitro benzene ring substituents is 1. The van der Waals surface area contributed by atoms with Gasteiger partial charge < -0.3 is 14.2 Å². The third-order valence-corrected chi connectivity index (χ3v) is 6.68. The lowest BCUT2D eigenvalue weighted by Gasteiger charge is -2.26. The van der Waals surface area contributed by atoms with Crippen molar-refractivity contribution in [2.24, 2.45) is 0 Å². The molecule has 1 aliphatic heterocycles. The van der Waals surface area contributed by atoms with Gasteiger partial charge in [-0.3, -0.25) is 10.1 Å². The Morgan fingerprint density at radius 2 is 1.84 bits per heavy atom. The van der Waals surface area contributed by atoms with Gasteiger partial charge in [-0.05, 0) is 42.8 Å². The maximum Gasteiger partial charge on any atom is 0.338 e. The smallest absolute Gasteiger partial charge is 0.338 e. The monoisotopic (exact) mass is 464 g/mol. The Morgan fingerprint density at radius 3 is 2.47 bits per heavy atom. The van der Waals surface area contributed by atoms with Gasteiger partial charge in [0.2, 0.25) is 15.8 Å². The van der Waals surface area contributed by atoms with Crippen LogP contribution in [0.5, 0.6) is 11.5 Å². The number of esters is 1. The number of rotatable bonds is 9. The minimum absolute atomic E-state index is 0.116. The first-order valence-corrected chi connectivity index (χ1v) is 11.6. The molecule has 1 fully saturated rings. The minimum Gasteiger partial charge on any atom is -0.462 e. The SMILES string of the molecule is CCCCOC(=O)c1ccc(Oc2ccc(S(=O)(=O)N3CCOCC3)cc2[N+](=O)[O-])cc1. The van der Waals surface area contributed by atoms with E-state index in [1.54, 1.807) is 0 Å². The second kappa shape index (κ2) is 10.5. The summed E-state index contributed by atoms with van der Waals surface area (Å²) < 4.78 is 42.7. The molecule has 0 spiro atoms. The highest BCUT2D eigenvalue weighted by molar-refractivity contribution is 7.89. The number of hydrogen-bond donors (Lipinski definition) is 0. The molecule has 1 heterocycles. The van der Waals surface area contributed by atoms with Crippen LogP contribution in [0.2, 0.25) is 0 Å².